The molecular weight excluding hydrogens is 154 g/mol. The van der Waals surface area contributed by atoms with Crippen molar-refractivity contribution in [1.82, 2.24) is 5.32 Å². The van der Waals surface area contributed by atoms with Gasteiger partial charge in [-0.2, -0.15) is 0 Å². The van der Waals surface area contributed by atoms with Crippen LogP contribution in [0, 0.1) is 11.3 Å². The fraction of sp³-hybridized carbons (Fsp3) is 0.889. The predicted molar refractivity (Wildman–Crippen MR) is 46.0 cm³/mol. The Morgan fingerprint density at radius 2 is 2.25 bits per heavy atom. The van der Waals surface area contributed by atoms with Crippen molar-refractivity contribution < 1.29 is 9.90 Å². The maximum Gasteiger partial charge on any atom is 0.309 e. The highest BCUT2D eigenvalue weighted by molar-refractivity contribution is 5.74. The van der Waals surface area contributed by atoms with Crippen molar-refractivity contribution in [1.29, 1.82) is 0 Å². The predicted octanol–water partition coefficient (Wildman–Crippen LogP) is 1.11. The summed E-state index contributed by atoms with van der Waals surface area (Å²) in [5, 5.41) is 13.2. The molecule has 0 aromatic carbocycles. The van der Waals surface area contributed by atoms with Gasteiger partial charge >= 0.3 is 5.97 Å². The first-order chi connectivity index (χ1) is 5.55. The van der Waals surface area contributed by atoms with Crippen molar-refractivity contribution in [3.63, 3.8) is 0 Å². The van der Waals surface area contributed by atoms with Gasteiger partial charge in [0.1, 0.15) is 0 Å². The van der Waals surface area contributed by atoms with Crippen molar-refractivity contribution in [2.75, 3.05) is 13.1 Å². The van der Waals surface area contributed by atoms with E-state index in [0.29, 0.717) is 0 Å². The van der Waals surface area contributed by atoms with Crippen LogP contribution in [0.3, 0.4) is 0 Å². The van der Waals surface area contributed by atoms with Crippen LogP contribution in [0.15, 0.2) is 0 Å². The van der Waals surface area contributed by atoms with Crippen molar-refractivity contribution in [3.8, 4) is 0 Å². The van der Waals surface area contributed by atoms with Crippen LogP contribution in [-0.4, -0.2) is 24.2 Å². The molecule has 1 rings (SSSR count). The first-order valence-electron chi connectivity index (χ1n) is 4.42. The number of carboxylic acids is 1. The Morgan fingerprint density at radius 1 is 1.58 bits per heavy atom. The minimum Gasteiger partial charge on any atom is -0.481 e. The Balaban J connectivity index is 2.59. The fourth-order valence-electron chi connectivity index (χ4n) is 1.55. The molecule has 3 heteroatoms. The van der Waals surface area contributed by atoms with Gasteiger partial charge in [-0.15, -0.1) is 0 Å². The zero-order valence-electron chi connectivity index (χ0n) is 7.71. The molecule has 69 valence electrons. The summed E-state index contributed by atoms with van der Waals surface area (Å²) in [6.07, 6.45) is 2.05. The molecule has 0 aromatic heterocycles. The van der Waals surface area contributed by atoms with Crippen molar-refractivity contribution in [2.24, 2.45) is 11.3 Å². The summed E-state index contributed by atoms with van der Waals surface area (Å²) in [7, 11) is 0. The van der Waals surface area contributed by atoms with E-state index in [2.05, 4.69) is 5.32 Å². The molecule has 1 unspecified atom stereocenters. The highest BCUT2D eigenvalue weighted by Crippen LogP contribution is 2.31. The molecule has 1 heterocycles. The molecule has 1 saturated heterocycles. The van der Waals surface area contributed by atoms with Gasteiger partial charge < -0.3 is 5.11 Å². The molecule has 0 saturated carbocycles. The lowest BCUT2D eigenvalue weighted by Crippen LogP contribution is -2.40. The Labute approximate surface area is 73.2 Å². The van der Waals surface area contributed by atoms with Crippen LogP contribution < -0.4 is 5.32 Å². The number of rotatable bonds is 2. The second kappa shape index (κ2) is 3.44. The van der Waals surface area contributed by atoms with E-state index < -0.39 is 11.4 Å². The van der Waals surface area contributed by atoms with Crippen LogP contribution >= 0.6 is 0 Å². The summed E-state index contributed by atoms with van der Waals surface area (Å²) in [6.45, 7) is 5.22. The molecule has 12 heavy (non-hydrogen) atoms. The third-order valence-corrected chi connectivity index (χ3v) is 2.79. The lowest BCUT2D eigenvalue weighted by molar-refractivity contribution is -0.150. The van der Waals surface area contributed by atoms with Gasteiger partial charge in [0.2, 0.25) is 0 Å². The van der Waals surface area contributed by atoms with Gasteiger partial charge in [-0.1, -0.05) is 0 Å². The summed E-state index contributed by atoms with van der Waals surface area (Å²) in [6, 6.07) is 0. The smallest absolute Gasteiger partial charge is 0.309 e. The lowest BCUT2D eigenvalue weighted by atomic mass is 9.75. The van der Waals surface area contributed by atoms with Crippen molar-refractivity contribution >= 4 is 5.97 Å². The van der Waals surface area contributed by atoms with Gasteiger partial charge in [0.15, 0.2) is 0 Å². The number of piperidine rings is 1. The third-order valence-electron chi connectivity index (χ3n) is 2.79. The van der Waals surface area contributed by atoms with E-state index in [4.69, 9.17) is 5.11 Å². The standard InChI is InChI=1S/C9H16NO2/c1-9(2,8(11)12)7-4-3-5-10-6-7/h7H,3-6H2,1-2H3,(H,11,12). The average molecular weight is 170 g/mol. The molecule has 0 aromatic rings. The van der Waals surface area contributed by atoms with E-state index in [1.807, 2.05) is 0 Å². The molecule has 1 aliphatic rings. The third kappa shape index (κ3) is 1.78. The number of nitrogens with zero attached hydrogens (tertiary/aromatic N) is 1. The molecule has 3 nitrogen and oxygen atoms in total. The zero-order valence-corrected chi connectivity index (χ0v) is 7.71. The van der Waals surface area contributed by atoms with Crippen LogP contribution in [0.4, 0.5) is 0 Å². The Hall–Kier alpha value is -0.570. The molecule has 0 amide bonds. The fourth-order valence-corrected chi connectivity index (χ4v) is 1.55. The normalized spacial score (nSPS) is 25.3. The maximum atomic E-state index is 10.9. The number of carboxylic acid groups (broad SMARTS) is 1. The first-order valence-corrected chi connectivity index (χ1v) is 4.42. The minimum absolute atomic E-state index is 0.226. The van der Waals surface area contributed by atoms with Crippen LogP contribution in [0.25, 0.3) is 0 Å². The van der Waals surface area contributed by atoms with E-state index in [9.17, 15) is 4.79 Å². The van der Waals surface area contributed by atoms with Gasteiger partial charge in [-0.25, -0.2) is 5.32 Å². The second-order valence-electron chi connectivity index (χ2n) is 4.00. The van der Waals surface area contributed by atoms with E-state index in [1.54, 1.807) is 13.8 Å². The Bertz CT molecular complexity index is 171. The lowest BCUT2D eigenvalue weighted by Gasteiger charge is -2.32. The molecule has 1 N–H and O–H groups in total. The van der Waals surface area contributed by atoms with Gasteiger partial charge in [-0.3, -0.25) is 4.79 Å². The monoisotopic (exact) mass is 170 g/mol. The molecule has 1 fully saturated rings. The Morgan fingerprint density at radius 3 is 2.67 bits per heavy atom. The van der Waals surface area contributed by atoms with Gasteiger partial charge in [0, 0.05) is 13.1 Å². The number of hydrogen-bond donors (Lipinski definition) is 1. The topological polar surface area (TPSA) is 51.4 Å². The number of aliphatic carboxylic acids is 1. The van der Waals surface area contributed by atoms with Crippen LogP contribution in [0.1, 0.15) is 26.7 Å². The second-order valence-corrected chi connectivity index (χ2v) is 4.00. The molecule has 1 radical (unpaired) electrons. The molecule has 0 spiro atoms. The van der Waals surface area contributed by atoms with Crippen LogP contribution in [0.5, 0.6) is 0 Å². The summed E-state index contributed by atoms with van der Waals surface area (Å²) in [5.41, 5.74) is -0.607. The SMILES string of the molecule is CC(C)(C(=O)O)C1CCC[N]C1. The number of hydrogen-bond acceptors (Lipinski definition) is 1. The minimum atomic E-state index is -0.704. The van der Waals surface area contributed by atoms with Gasteiger partial charge in [-0.05, 0) is 32.6 Å². The highest BCUT2D eigenvalue weighted by Gasteiger charge is 2.37. The summed E-state index contributed by atoms with van der Waals surface area (Å²) in [5.74, 6) is -0.478. The van der Waals surface area contributed by atoms with E-state index >= 15 is 0 Å². The molecule has 1 atom stereocenters. The Kier molecular flexibility index (Phi) is 2.73. The van der Waals surface area contributed by atoms with Crippen LogP contribution in [0.2, 0.25) is 0 Å². The molecule has 1 aliphatic heterocycles. The summed E-state index contributed by atoms with van der Waals surface area (Å²) < 4.78 is 0. The zero-order chi connectivity index (χ0) is 9.19. The van der Waals surface area contributed by atoms with Gasteiger partial charge in [0.25, 0.3) is 0 Å². The van der Waals surface area contributed by atoms with Crippen molar-refractivity contribution in [3.05, 3.63) is 0 Å². The molecule has 0 bridgehead atoms. The van der Waals surface area contributed by atoms with E-state index in [-0.39, 0.29) is 5.92 Å². The number of carbonyl (C=O) groups is 1. The van der Waals surface area contributed by atoms with Gasteiger partial charge in [0.05, 0.1) is 5.41 Å². The van der Waals surface area contributed by atoms with Crippen molar-refractivity contribution in [2.45, 2.75) is 26.7 Å². The highest BCUT2D eigenvalue weighted by atomic mass is 16.4. The largest absolute Gasteiger partial charge is 0.481 e. The molecule has 0 aliphatic carbocycles. The van der Waals surface area contributed by atoms with E-state index in [1.165, 1.54) is 0 Å². The van der Waals surface area contributed by atoms with Crippen LogP contribution in [-0.2, 0) is 4.79 Å². The first kappa shape index (κ1) is 9.52. The summed E-state index contributed by atoms with van der Waals surface area (Å²) >= 11 is 0. The average Bonchev–Trinajstić information content (AvgIpc) is 2.06. The maximum absolute atomic E-state index is 10.9. The molecular formula is C9H16NO2. The summed E-state index contributed by atoms with van der Waals surface area (Å²) in [4.78, 5) is 10.9. The van der Waals surface area contributed by atoms with E-state index in [0.717, 1.165) is 25.9 Å². The quantitative estimate of drug-likeness (QED) is 0.675.